The Hall–Kier alpha value is -0.413. The molecule has 1 heterocycles. The Morgan fingerprint density at radius 3 is 2.47 bits per heavy atom. The standard InChI is InChI=1S/C9H19N2O2PSi/c1-6(2)5-7-8(12)11-14(15(3)4)9(13)10-7/h6-7,15H,5H2,1-4H3,(H,10,13)(H,11,12)/t7-,14?/m0/s1. The first-order chi connectivity index (χ1) is 6.91. The maximum Gasteiger partial charge on any atom is 0.257 e. The summed E-state index contributed by atoms with van der Waals surface area (Å²) in [5.41, 5.74) is 0.0666. The van der Waals surface area contributed by atoms with Crippen LogP contribution in [-0.2, 0) is 4.79 Å². The zero-order valence-electron chi connectivity index (χ0n) is 9.70. The van der Waals surface area contributed by atoms with Crippen LogP contribution in [0.15, 0.2) is 0 Å². The van der Waals surface area contributed by atoms with Gasteiger partial charge in [-0.05, 0) is 12.3 Å². The van der Waals surface area contributed by atoms with Gasteiger partial charge in [0.2, 0.25) is 5.91 Å². The Kier molecular flexibility index (Phi) is 4.29. The highest BCUT2D eigenvalue weighted by Crippen LogP contribution is 2.37. The minimum Gasteiger partial charge on any atom is -0.340 e. The Labute approximate surface area is 93.5 Å². The minimum atomic E-state index is -1.09. The lowest BCUT2D eigenvalue weighted by molar-refractivity contribution is -0.121. The molecular weight excluding hydrogens is 227 g/mol. The highest BCUT2D eigenvalue weighted by atomic mass is 31.4. The highest BCUT2D eigenvalue weighted by molar-refractivity contribution is 8.00. The van der Waals surface area contributed by atoms with E-state index in [1.165, 1.54) is 0 Å². The molecule has 1 unspecified atom stereocenters. The molecule has 0 aliphatic carbocycles. The van der Waals surface area contributed by atoms with Crippen molar-refractivity contribution in [2.75, 3.05) is 0 Å². The van der Waals surface area contributed by atoms with Gasteiger partial charge in [0.05, 0.1) is 16.1 Å². The van der Waals surface area contributed by atoms with Crippen LogP contribution in [0.2, 0.25) is 13.1 Å². The maximum atomic E-state index is 11.7. The van der Waals surface area contributed by atoms with Gasteiger partial charge < -0.3 is 10.4 Å². The van der Waals surface area contributed by atoms with Gasteiger partial charge in [0.25, 0.3) is 5.65 Å². The number of amides is 2. The van der Waals surface area contributed by atoms with E-state index in [0.29, 0.717) is 5.92 Å². The molecule has 1 fully saturated rings. The largest absolute Gasteiger partial charge is 0.340 e. The van der Waals surface area contributed by atoms with E-state index in [0.717, 1.165) is 6.42 Å². The molecule has 0 saturated carbocycles. The summed E-state index contributed by atoms with van der Waals surface area (Å²) < 4.78 is 0. The third-order valence-corrected chi connectivity index (χ3v) is 8.54. The molecule has 0 radical (unpaired) electrons. The van der Waals surface area contributed by atoms with Crippen LogP contribution in [0.1, 0.15) is 20.3 Å². The van der Waals surface area contributed by atoms with Crippen molar-refractivity contribution in [1.82, 2.24) is 10.4 Å². The van der Waals surface area contributed by atoms with Crippen molar-refractivity contribution in [3.8, 4) is 0 Å². The summed E-state index contributed by atoms with van der Waals surface area (Å²) in [6.45, 7) is 8.28. The van der Waals surface area contributed by atoms with Crippen LogP contribution in [0.25, 0.3) is 0 Å². The summed E-state index contributed by atoms with van der Waals surface area (Å²) in [4.78, 5) is 23.4. The van der Waals surface area contributed by atoms with Crippen molar-refractivity contribution in [2.24, 2.45) is 5.92 Å². The lowest BCUT2D eigenvalue weighted by Crippen LogP contribution is -2.52. The van der Waals surface area contributed by atoms with Crippen molar-refractivity contribution >= 4 is 27.6 Å². The molecule has 86 valence electrons. The van der Waals surface area contributed by atoms with Crippen molar-refractivity contribution in [3.63, 3.8) is 0 Å². The molecule has 2 atom stereocenters. The molecule has 0 bridgehead atoms. The summed E-state index contributed by atoms with van der Waals surface area (Å²) in [6, 6.07) is -0.316. The van der Waals surface area contributed by atoms with E-state index < -0.39 is 16.1 Å². The van der Waals surface area contributed by atoms with Crippen LogP contribution in [0.5, 0.6) is 0 Å². The molecule has 0 aromatic heterocycles. The second-order valence-corrected chi connectivity index (χ2v) is 12.8. The average Bonchev–Trinajstić information content (AvgIpc) is 2.09. The molecule has 1 rings (SSSR count). The van der Waals surface area contributed by atoms with Gasteiger partial charge >= 0.3 is 0 Å². The number of rotatable bonds is 3. The predicted molar refractivity (Wildman–Crippen MR) is 65.7 cm³/mol. The monoisotopic (exact) mass is 246 g/mol. The average molecular weight is 246 g/mol. The Morgan fingerprint density at radius 2 is 2.00 bits per heavy atom. The predicted octanol–water partition coefficient (Wildman–Crippen LogP) is 1.62. The van der Waals surface area contributed by atoms with E-state index in [1.54, 1.807) is 0 Å². The highest BCUT2D eigenvalue weighted by Gasteiger charge is 2.35. The van der Waals surface area contributed by atoms with E-state index in [9.17, 15) is 9.59 Å². The van der Waals surface area contributed by atoms with Gasteiger partial charge in [0.15, 0.2) is 0 Å². The van der Waals surface area contributed by atoms with Crippen molar-refractivity contribution in [3.05, 3.63) is 0 Å². The lowest BCUT2D eigenvalue weighted by Gasteiger charge is -2.31. The van der Waals surface area contributed by atoms with E-state index >= 15 is 0 Å². The molecule has 2 amide bonds. The zero-order valence-corrected chi connectivity index (χ0v) is 11.8. The second-order valence-electron chi connectivity index (χ2n) is 4.57. The van der Waals surface area contributed by atoms with Gasteiger partial charge in [-0.2, -0.15) is 0 Å². The summed E-state index contributed by atoms with van der Waals surface area (Å²) >= 11 is 0. The zero-order chi connectivity index (χ0) is 11.6. The topological polar surface area (TPSA) is 58.2 Å². The number of nitrogens with one attached hydrogen (secondary N) is 2. The molecule has 0 aromatic rings. The summed E-state index contributed by atoms with van der Waals surface area (Å²) in [5.74, 6) is 0.428. The Morgan fingerprint density at radius 1 is 1.40 bits per heavy atom. The Balaban J connectivity index is 2.63. The van der Waals surface area contributed by atoms with Gasteiger partial charge in [-0.15, -0.1) is 0 Å². The van der Waals surface area contributed by atoms with Crippen LogP contribution < -0.4 is 10.4 Å². The van der Waals surface area contributed by atoms with Crippen LogP contribution in [0.3, 0.4) is 0 Å². The van der Waals surface area contributed by atoms with E-state index in [4.69, 9.17) is 0 Å². The Bertz CT molecular complexity index is 271. The summed E-state index contributed by atoms with van der Waals surface area (Å²) in [7, 11) is -1.98. The second kappa shape index (κ2) is 5.08. The fourth-order valence-corrected chi connectivity index (χ4v) is 5.84. The third kappa shape index (κ3) is 3.28. The molecule has 1 aliphatic rings. The fraction of sp³-hybridized carbons (Fsp3) is 0.778. The van der Waals surface area contributed by atoms with Gasteiger partial charge in [-0.1, -0.05) is 26.9 Å². The van der Waals surface area contributed by atoms with E-state index in [1.807, 2.05) is 13.8 Å². The number of hydrogen-bond donors (Lipinski definition) is 2. The minimum absolute atomic E-state index is 0.00983. The van der Waals surface area contributed by atoms with Crippen molar-refractivity contribution in [2.45, 2.75) is 39.4 Å². The van der Waals surface area contributed by atoms with Crippen LogP contribution in [0.4, 0.5) is 4.79 Å². The molecular formula is C9H19N2O2PSi. The number of carbonyl (C=O) groups is 2. The first-order valence-electron chi connectivity index (χ1n) is 5.32. The molecule has 0 aromatic carbocycles. The lowest BCUT2D eigenvalue weighted by atomic mass is 10.0. The van der Waals surface area contributed by atoms with Gasteiger partial charge in [0, 0.05) is 0 Å². The maximum absolute atomic E-state index is 11.7. The summed E-state index contributed by atoms with van der Waals surface area (Å²) in [6.07, 6.45) is 0.723. The molecule has 15 heavy (non-hydrogen) atoms. The smallest absolute Gasteiger partial charge is 0.257 e. The first kappa shape index (κ1) is 12.7. The SMILES string of the molecule is CC(C)C[C@@H]1NC(=O)P([SiH](C)C)NC1=O. The molecule has 1 aliphatic heterocycles. The molecule has 4 nitrogen and oxygen atoms in total. The van der Waals surface area contributed by atoms with Gasteiger partial charge in [-0.25, -0.2) is 0 Å². The molecule has 2 N–H and O–H groups in total. The molecule has 0 spiro atoms. The molecule has 1 saturated heterocycles. The number of carbonyl (C=O) groups excluding carboxylic acids is 2. The third-order valence-electron chi connectivity index (χ3n) is 2.29. The normalized spacial score (nSPS) is 26.8. The van der Waals surface area contributed by atoms with Crippen LogP contribution >= 0.6 is 7.62 Å². The summed E-state index contributed by atoms with van der Waals surface area (Å²) in [5, 5.41) is 5.74. The number of hydrogen-bond acceptors (Lipinski definition) is 2. The van der Waals surface area contributed by atoms with Gasteiger partial charge in [0.1, 0.15) is 6.04 Å². The van der Waals surface area contributed by atoms with Crippen molar-refractivity contribution in [1.29, 1.82) is 0 Å². The van der Waals surface area contributed by atoms with Crippen LogP contribution in [-0.4, -0.2) is 26.1 Å². The fourth-order valence-electron chi connectivity index (χ4n) is 1.53. The van der Waals surface area contributed by atoms with Crippen molar-refractivity contribution < 1.29 is 9.59 Å². The van der Waals surface area contributed by atoms with Gasteiger partial charge in [-0.3, -0.25) is 9.59 Å². The first-order valence-corrected chi connectivity index (χ1v) is 10.6. The quantitative estimate of drug-likeness (QED) is 0.587. The van der Waals surface area contributed by atoms with Crippen LogP contribution in [0, 0.1) is 5.92 Å². The molecule has 6 heteroatoms. The van der Waals surface area contributed by atoms with E-state index in [2.05, 4.69) is 23.5 Å². The van der Waals surface area contributed by atoms with E-state index in [-0.39, 0.29) is 17.6 Å².